The van der Waals surface area contributed by atoms with Crippen LogP contribution in [0, 0.1) is 5.41 Å². The fourth-order valence-corrected chi connectivity index (χ4v) is 2.76. The lowest BCUT2D eigenvalue weighted by atomic mass is 9.70. The van der Waals surface area contributed by atoms with Crippen molar-refractivity contribution in [2.75, 3.05) is 6.54 Å². The van der Waals surface area contributed by atoms with Crippen LogP contribution in [0.3, 0.4) is 0 Å². The first-order valence-corrected chi connectivity index (χ1v) is 6.17. The molecule has 0 radical (unpaired) electrons. The van der Waals surface area contributed by atoms with E-state index in [0.717, 1.165) is 0 Å². The molecule has 0 bridgehead atoms. The largest absolute Gasteiger partial charge is 0.328 e. The van der Waals surface area contributed by atoms with Crippen LogP contribution in [0.1, 0.15) is 51.9 Å². The highest BCUT2D eigenvalue weighted by atomic mass is 14.9. The maximum Gasteiger partial charge on any atom is 0.00820 e. The molecule has 82 valence electrons. The van der Waals surface area contributed by atoms with E-state index in [1.807, 2.05) is 0 Å². The summed E-state index contributed by atoms with van der Waals surface area (Å²) in [5, 5.41) is 3.71. The molecule has 2 rings (SSSR count). The third-order valence-electron chi connectivity index (χ3n) is 4.09. The van der Waals surface area contributed by atoms with Crippen LogP contribution in [0.2, 0.25) is 0 Å². The summed E-state index contributed by atoms with van der Waals surface area (Å²) in [6.45, 7) is 3.62. The minimum absolute atomic E-state index is 0.454. The van der Waals surface area contributed by atoms with Crippen molar-refractivity contribution in [2.45, 2.75) is 64.0 Å². The molecule has 0 heterocycles. The molecule has 0 saturated heterocycles. The van der Waals surface area contributed by atoms with Crippen molar-refractivity contribution in [1.82, 2.24) is 5.32 Å². The quantitative estimate of drug-likeness (QED) is 0.725. The molecular weight excluding hydrogens is 172 g/mol. The average molecular weight is 196 g/mol. The van der Waals surface area contributed by atoms with Gasteiger partial charge in [0.05, 0.1) is 0 Å². The van der Waals surface area contributed by atoms with E-state index in [2.05, 4.69) is 12.2 Å². The van der Waals surface area contributed by atoms with Crippen LogP contribution in [0.15, 0.2) is 0 Å². The first-order chi connectivity index (χ1) is 6.68. The van der Waals surface area contributed by atoms with Gasteiger partial charge in [-0.25, -0.2) is 0 Å². The number of nitrogens with one attached hydrogen (secondary N) is 1. The smallest absolute Gasteiger partial charge is 0.00820 e. The number of nitrogens with two attached hydrogens (primary N) is 1. The molecule has 2 atom stereocenters. The zero-order chi connectivity index (χ0) is 10.0. The van der Waals surface area contributed by atoms with E-state index in [1.165, 1.54) is 51.5 Å². The number of hydrogen-bond acceptors (Lipinski definition) is 2. The summed E-state index contributed by atoms with van der Waals surface area (Å²) in [6, 6.07) is 1.16. The van der Waals surface area contributed by atoms with Crippen molar-refractivity contribution in [1.29, 1.82) is 0 Å². The normalized spacial score (nSPS) is 36.4. The van der Waals surface area contributed by atoms with Gasteiger partial charge in [-0.15, -0.1) is 0 Å². The molecule has 2 heteroatoms. The first kappa shape index (κ1) is 10.4. The van der Waals surface area contributed by atoms with Gasteiger partial charge < -0.3 is 11.1 Å². The maximum atomic E-state index is 5.97. The average Bonchev–Trinajstić information content (AvgIpc) is 2.12. The van der Waals surface area contributed by atoms with E-state index in [9.17, 15) is 0 Å². The molecule has 0 amide bonds. The predicted molar refractivity (Wildman–Crippen MR) is 60.2 cm³/mol. The third kappa shape index (κ3) is 2.48. The van der Waals surface area contributed by atoms with Gasteiger partial charge in [-0.2, -0.15) is 0 Å². The number of hydrogen-bond donors (Lipinski definition) is 2. The van der Waals surface area contributed by atoms with Crippen molar-refractivity contribution >= 4 is 0 Å². The summed E-state index contributed by atoms with van der Waals surface area (Å²) in [5.74, 6) is 0. The Hall–Kier alpha value is -0.0800. The lowest BCUT2D eigenvalue weighted by Crippen LogP contribution is -2.45. The van der Waals surface area contributed by atoms with Crippen LogP contribution < -0.4 is 11.1 Å². The second-order valence-corrected chi connectivity index (χ2v) is 5.67. The van der Waals surface area contributed by atoms with Crippen LogP contribution in [-0.4, -0.2) is 18.6 Å². The van der Waals surface area contributed by atoms with Gasteiger partial charge in [0.25, 0.3) is 0 Å². The molecule has 2 saturated carbocycles. The van der Waals surface area contributed by atoms with Crippen molar-refractivity contribution in [2.24, 2.45) is 11.1 Å². The van der Waals surface area contributed by atoms with Gasteiger partial charge in [0.15, 0.2) is 0 Å². The Balaban J connectivity index is 1.69. The lowest BCUT2D eigenvalue weighted by Gasteiger charge is -2.40. The third-order valence-corrected chi connectivity index (χ3v) is 4.09. The first-order valence-electron chi connectivity index (χ1n) is 6.17. The molecule has 0 aromatic rings. The molecule has 3 N–H and O–H groups in total. The van der Waals surface area contributed by atoms with Gasteiger partial charge in [0, 0.05) is 18.6 Å². The zero-order valence-electron chi connectivity index (χ0n) is 9.39. The fraction of sp³-hybridized carbons (Fsp3) is 1.00. The van der Waals surface area contributed by atoms with Gasteiger partial charge in [-0.3, -0.25) is 0 Å². The van der Waals surface area contributed by atoms with Crippen molar-refractivity contribution in [3.8, 4) is 0 Å². The minimum Gasteiger partial charge on any atom is -0.328 e. The molecule has 0 aliphatic heterocycles. The highest BCUT2D eigenvalue weighted by molar-refractivity contribution is 4.88. The second-order valence-electron chi connectivity index (χ2n) is 5.67. The molecule has 0 aromatic carbocycles. The summed E-state index contributed by atoms with van der Waals surface area (Å²) in [4.78, 5) is 0. The topological polar surface area (TPSA) is 38.0 Å². The molecular formula is C12H24N2. The Kier molecular flexibility index (Phi) is 3.13. The molecule has 0 aromatic heterocycles. The number of rotatable bonds is 3. The van der Waals surface area contributed by atoms with E-state index >= 15 is 0 Å². The van der Waals surface area contributed by atoms with Crippen molar-refractivity contribution in [3.63, 3.8) is 0 Å². The highest BCUT2D eigenvalue weighted by Gasteiger charge is 2.32. The Bertz CT molecular complexity index is 187. The Morgan fingerprint density at radius 3 is 2.64 bits per heavy atom. The minimum atomic E-state index is 0.454. The summed E-state index contributed by atoms with van der Waals surface area (Å²) in [7, 11) is 0. The lowest BCUT2D eigenvalue weighted by molar-refractivity contribution is 0.145. The van der Waals surface area contributed by atoms with Crippen LogP contribution >= 0.6 is 0 Å². The molecule has 2 fully saturated rings. The predicted octanol–water partition coefficient (Wildman–Crippen LogP) is 2.04. The standard InChI is InChI=1S/C12H24N2/c1-12(6-3-7-12)9-14-11-5-2-4-10(13)8-11/h10-11,14H,2-9,13H2,1H3. The highest BCUT2D eigenvalue weighted by Crippen LogP contribution is 2.39. The summed E-state index contributed by atoms with van der Waals surface area (Å²) in [6.07, 6.45) is 9.34. The Labute approximate surface area is 87.6 Å². The Morgan fingerprint density at radius 1 is 1.29 bits per heavy atom. The van der Waals surface area contributed by atoms with Gasteiger partial charge >= 0.3 is 0 Å². The fourth-order valence-electron chi connectivity index (χ4n) is 2.76. The van der Waals surface area contributed by atoms with Crippen molar-refractivity contribution in [3.05, 3.63) is 0 Å². The molecule has 2 unspecified atom stereocenters. The maximum absolute atomic E-state index is 5.97. The summed E-state index contributed by atoms with van der Waals surface area (Å²) >= 11 is 0. The van der Waals surface area contributed by atoms with Crippen LogP contribution in [-0.2, 0) is 0 Å². The van der Waals surface area contributed by atoms with Crippen molar-refractivity contribution < 1.29 is 0 Å². The van der Waals surface area contributed by atoms with Gasteiger partial charge in [0.2, 0.25) is 0 Å². The van der Waals surface area contributed by atoms with E-state index in [1.54, 1.807) is 0 Å². The van der Waals surface area contributed by atoms with Gasteiger partial charge in [-0.05, 0) is 37.5 Å². The monoisotopic (exact) mass is 196 g/mol. The zero-order valence-corrected chi connectivity index (χ0v) is 9.39. The Morgan fingerprint density at radius 2 is 2.07 bits per heavy atom. The van der Waals surface area contributed by atoms with E-state index < -0.39 is 0 Å². The molecule has 14 heavy (non-hydrogen) atoms. The van der Waals surface area contributed by atoms with E-state index in [4.69, 9.17) is 5.73 Å². The summed E-state index contributed by atoms with van der Waals surface area (Å²) < 4.78 is 0. The molecule has 2 nitrogen and oxygen atoms in total. The molecule has 2 aliphatic carbocycles. The van der Waals surface area contributed by atoms with Crippen LogP contribution in [0.5, 0.6) is 0 Å². The van der Waals surface area contributed by atoms with Gasteiger partial charge in [-0.1, -0.05) is 19.8 Å². The van der Waals surface area contributed by atoms with E-state index in [-0.39, 0.29) is 0 Å². The van der Waals surface area contributed by atoms with E-state index in [0.29, 0.717) is 17.5 Å². The van der Waals surface area contributed by atoms with Crippen LogP contribution in [0.4, 0.5) is 0 Å². The molecule has 2 aliphatic rings. The SMILES string of the molecule is CC1(CNC2CCCC(N)C2)CCC1. The van der Waals surface area contributed by atoms with Gasteiger partial charge in [0.1, 0.15) is 0 Å². The molecule has 0 spiro atoms. The van der Waals surface area contributed by atoms with Crippen LogP contribution in [0.25, 0.3) is 0 Å². The second kappa shape index (κ2) is 4.19. The summed E-state index contributed by atoms with van der Waals surface area (Å²) in [5.41, 5.74) is 6.58.